The minimum absolute atomic E-state index is 0.130. The molecule has 4 heteroatoms. The number of ether oxygens (including phenoxy) is 1. The van der Waals surface area contributed by atoms with E-state index in [4.69, 9.17) is 10.6 Å². The summed E-state index contributed by atoms with van der Waals surface area (Å²) in [7, 11) is 0. The van der Waals surface area contributed by atoms with Gasteiger partial charge in [-0.2, -0.15) is 0 Å². The predicted octanol–water partition coefficient (Wildman–Crippen LogP) is 1.56. The summed E-state index contributed by atoms with van der Waals surface area (Å²) in [5.74, 6) is 5.81. The van der Waals surface area contributed by atoms with Crippen molar-refractivity contribution in [1.82, 2.24) is 5.01 Å². The lowest BCUT2D eigenvalue weighted by Gasteiger charge is -2.17. The lowest BCUT2D eigenvalue weighted by Crippen LogP contribution is -2.39. The number of hydrogen-bond donors (Lipinski definition) is 1. The van der Waals surface area contributed by atoms with Crippen LogP contribution in [-0.2, 0) is 16.1 Å². The highest BCUT2D eigenvalue weighted by molar-refractivity contribution is 5.71. The molecule has 0 fully saturated rings. The van der Waals surface area contributed by atoms with E-state index in [1.54, 1.807) is 0 Å². The van der Waals surface area contributed by atoms with Crippen molar-refractivity contribution in [3.8, 4) is 0 Å². The van der Waals surface area contributed by atoms with E-state index in [1.807, 2.05) is 30.3 Å². The van der Waals surface area contributed by atoms with E-state index in [1.165, 1.54) is 5.01 Å². The Bertz CT molecular complexity index is 339. The minimum Gasteiger partial charge on any atom is -0.460 e. The van der Waals surface area contributed by atoms with Crippen molar-refractivity contribution in [2.45, 2.75) is 20.5 Å². The molecule has 0 aliphatic heterocycles. The number of nitrogens with zero attached hydrogens (tertiary/aromatic N) is 1. The summed E-state index contributed by atoms with van der Waals surface area (Å²) >= 11 is 0. The molecule has 4 nitrogen and oxygen atoms in total. The molecule has 0 aliphatic carbocycles. The molecule has 0 saturated carbocycles. The van der Waals surface area contributed by atoms with Gasteiger partial charge in [-0.05, 0) is 11.5 Å². The fourth-order valence-corrected chi connectivity index (χ4v) is 1.48. The molecule has 0 amide bonds. The number of esters is 1. The van der Waals surface area contributed by atoms with E-state index < -0.39 is 0 Å². The van der Waals surface area contributed by atoms with Crippen LogP contribution in [0.2, 0.25) is 0 Å². The second-order valence-electron chi connectivity index (χ2n) is 4.47. The molecular weight excluding hydrogens is 216 g/mol. The lowest BCUT2D eigenvalue weighted by atomic mass is 10.2. The van der Waals surface area contributed by atoms with Crippen molar-refractivity contribution in [3.05, 3.63) is 35.9 Å². The Morgan fingerprint density at radius 2 is 2.00 bits per heavy atom. The molecular formula is C13H20N2O2. The number of hydrogen-bond acceptors (Lipinski definition) is 4. The van der Waals surface area contributed by atoms with Gasteiger partial charge in [-0.3, -0.25) is 10.6 Å². The second kappa shape index (κ2) is 7.04. The van der Waals surface area contributed by atoms with Gasteiger partial charge in [0.05, 0.1) is 0 Å². The standard InChI is InChI=1S/C13H20N2O2/c1-11(2)8-15(14)9-13(16)17-10-12-6-4-3-5-7-12/h3-7,11H,8-10,14H2,1-2H3. The Morgan fingerprint density at radius 3 is 2.59 bits per heavy atom. The van der Waals surface area contributed by atoms with Crippen molar-refractivity contribution in [2.75, 3.05) is 13.1 Å². The van der Waals surface area contributed by atoms with E-state index in [9.17, 15) is 4.79 Å². The highest BCUT2D eigenvalue weighted by Gasteiger charge is 2.09. The van der Waals surface area contributed by atoms with Crippen LogP contribution >= 0.6 is 0 Å². The molecule has 2 N–H and O–H groups in total. The molecule has 0 aliphatic rings. The molecule has 1 aromatic rings. The smallest absolute Gasteiger partial charge is 0.321 e. The first kappa shape index (κ1) is 13.7. The molecule has 1 aromatic carbocycles. The lowest BCUT2D eigenvalue weighted by molar-refractivity contribution is -0.146. The van der Waals surface area contributed by atoms with Gasteiger partial charge in [0.1, 0.15) is 13.2 Å². The van der Waals surface area contributed by atoms with Gasteiger partial charge < -0.3 is 4.74 Å². The quantitative estimate of drug-likeness (QED) is 0.462. The molecule has 94 valence electrons. The summed E-state index contributed by atoms with van der Waals surface area (Å²) in [4.78, 5) is 11.5. The number of nitrogens with two attached hydrogens (primary N) is 1. The third-order valence-corrected chi connectivity index (χ3v) is 2.17. The monoisotopic (exact) mass is 236 g/mol. The van der Waals surface area contributed by atoms with Crippen LogP contribution in [0.25, 0.3) is 0 Å². The van der Waals surface area contributed by atoms with Gasteiger partial charge in [-0.1, -0.05) is 44.2 Å². The van der Waals surface area contributed by atoms with Crippen LogP contribution in [-0.4, -0.2) is 24.1 Å². The number of carbonyl (C=O) groups is 1. The average Bonchev–Trinajstić information content (AvgIpc) is 2.26. The third-order valence-electron chi connectivity index (χ3n) is 2.17. The van der Waals surface area contributed by atoms with Gasteiger partial charge in [0.25, 0.3) is 0 Å². The molecule has 0 unspecified atom stereocenters. The molecule has 17 heavy (non-hydrogen) atoms. The maximum absolute atomic E-state index is 11.5. The van der Waals surface area contributed by atoms with Crippen molar-refractivity contribution in [3.63, 3.8) is 0 Å². The van der Waals surface area contributed by atoms with Crippen molar-refractivity contribution in [1.29, 1.82) is 0 Å². The van der Waals surface area contributed by atoms with E-state index in [0.717, 1.165) is 5.56 Å². The van der Waals surface area contributed by atoms with Crippen LogP contribution in [0.4, 0.5) is 0 Å². The number of rotatable bonds is 6. The molecule has 1 rings (SSSR count). The zero-order valence-electron chi connectivity index (χ0n) is 10.4. The van der Waals surface area contributed by atoms with Crippen LogP contribution in [0.3, 0.4) is 0 Å². The Balaban J connectivity index is 2.26. The zero-order valence-corrected chi connectivity index (χ0v) is 10.4. The number of carbonyl (C=O) groups excluding carboxylic acids is 1. The van der Waals surface area contributed by atoms with E-state index >= 15 is 0 Å². The Labute approximate surface area is 102 Å². The Hall–Kier alpha value is -1.39. The Morgan fingerprint density at radius 1 is 1.35 bits per heavy atom. The maximum atomic E-state index is 11.5. The fraction of sp³-hybridized carbons (Fsp3) is 0.462. The van der Waals surface area contributed by atoms with Gasteiger partial charge in [0, 0.05) is 6.54 Å². The summed E-state index contributed by atoms with van der Waals surface area (Å²) < 4.78 is 5.12. The van der Waals surface area contributed by atoms with E-state index in [0.29, 0.717) is 19.1 Å². The Kier molecular flexibility index (Phi) is 5.66. The normalized spacial score (nSPS) is 10.9. The summed E-state index contributed by atoms with van der Waals surface area (Å²) in [6.07, 6.45) is 0. The molecule has 0 saturated heterocycles. The van der Waals surface area contributed by atoms with Gasteiger partial charge in [-0.25, -0.2) is 5.01 Å². The van der Waals surface area contributed by atoms with Gasteiger partial charge >= 0.3 is 5.97 Å². The predicted molar refractivity (Wildman–Crippen MR) is 66.8 cm³/mol. The highest BCUT2D eigenvalue weighted by Crippen LogP contribution is 2.01. The number of hydrazine groups is 1. The van der Waals surface area contributed by atoms with Crippen molar-refractivity contribution >= 4 is 5.97 Å². The van der Waals surface area contributed by atoms with Crippen LogP contribution in [0.5, 0.6) is 0 Å². The molecule has 0 heterocycles. The van der Waals surface area contributed by atoms with Crippen LogP contribution in [0.15, 0.2) is 30.3 Å². The second-order valence-corrected chi connectivity index (χ2v) is 4.47. The van der Waals surface area contributed by atoms with Gasteiger partial charge in [-0.15, -0.1) is 0 Å². The molecule has 0 radical (unpaired) electrons. The zero-order chi connectivity index (χ0) is 12.7. The minimum atomic E-state index is -0.294. The van der Waals surface area contributed by atoms with Crippen LogP contribution in [0.1, 0.15) is 19.4 Å². The summed E-state index contributed by atoms with van der Waals surface area (Å²) in [5.41, 5.74) is 0.980. The number of benzene rings is 1. The van der Waals surface area contributed by atoms with E-state index in [-0.39, 0.29) is 12.5 Å². The molecule has 0 bridgehead atoms. The largest absolute Gasteiger partial charge is 0.460 e. The molecule has 0 atom stereocenters. The van der Waals surface area contributed by atoms with Crippen molar-refractivity contribution < 1.29 is 9.53 Å². The fourth-order valence-electron chi connectivity index (χ4n) is 1.48. The first-order chi connectivity index (χ1) is 8.08. The van der Waals surface area contributed by atoms with Gasteiger partial charge in [0.2, 0.25) is 0 Å². The topological polar surface area (TPSA) is 55.6 Å². The van der Waals surface area contributed by atoms with Gasteiger partial charge in [0.15, 0.2) is 0 Å². The van der Waals surface area contributed by atoms with Crippen LogP contribution < -0.4 is 5.84 Å². The van der Waals surface area contributed by atoms with Crippen LogP contribution in [0, 0.1) is 5.92 Å². The summed E-state index contributed by atoms with van der Waals surface area (Å²) in [6.45, 7) is 5.21. The van der Waals surface area contributed by atoms with E-state index in [2.05, 4.69) is 13.8 Å². The molecule has 0 aromatic heterocycles. The summed E-state index contributed by atoms with van der Waals surface area (Å²) in [5, 5.41) is 1.48. The SMILES string of the molecule is CC(C)CN(N)CC(=O)OCc1ccccc1. The molecule has 0 spiro atoms. The average molecular weight is 236 g/mol. The first-order valence-electron chi connectivity index (χ1n) is 5.77. The highest BCUT2D eigenvalue weighted by atomic mass is 16.5. The summed E-state index contributed by atoms with van der Waals surface area (Å²) in [6, 6.07) is 9.59. The maximum Gasteiger partial charge on any atom is 0.321 e. The van der Waals surface area contributed by atoms with Crippen molar-refractivity contribution in [2.24, 2.45) is 11.8 Å². The third kappa shape index (κ3) is 6.04. The first-order valence-corrected chi connectivity index (χ1v) is 5.77.